The van der Waals surface area contributed by atoms with E-state index in [1.165, 1.54) is 0 Å². The van der Waals surface area contributed by atoms with Crippen molar-refractivity contribution >= 4 is 11.6 Å². The quantitative estimate of drug-likeness (QED) is 0.628. The summed E-state index contributed by atoms with van der Waals surface area (Å²) in [4.78, 5) is 11.6. The second kappa shape index (κ2) is 5.80. The van der Waals surface area contributed by atoms with Crippen LogP contribution in [0.25, 0.3) is 0 Å². The molecule has 1 aromatic carbocycles. The van der Waals surface area contributed by atoms with E-state index in [0.29, 0.717) is 5.92 Å². The molecule has 0 bridgehead atoms. The van der Waals surface area contributed by atoms with Gasteiger partial charge in [-0.25, -0.2) is 5.43 Å². The minimum absolute atomic E-state index is 0.0622. The van der Waals surface area contributed by atoms with Gasteiger partial charge in [0.1, 0.15) is 0 Å². The lowest BCUT2D eigenvalue weighted by Gasteiger charge is -2.09. The number of rotatable bonds is 5. The van der Waals surface area contributed by atoms with Crippen LogP contribution in [0, 0.1) is 11.8 Å². The highest BCUT2D eigenvalue weighted by Crippen LogP contribution is 2.28. The third-order valence-corrected chi connectivity index (χ3v) is 2.96. The Labute approximate surface area is 108 Å². The van der Waals surface area contributed by atoms with E-state index in [0.717, 1.165) is 30.5 Å². The lowest BCUT2D eigenvalue weighted by Crippen LogP contribution is -2.22. The second-order valence-corrected chi connectivity index (χ2v) is 5.27. The maximum absolute atomic E-state index is 11.6. The Kier molecular flexibility index (Phi) is 4.13. The highest BCUT2D eigenvalue weighted by atomic mass is 16.2. The zero-order valence-electron chi connectivity index (χ0n) is 11.0. The number of nitrogens with one attached hydrogen (secondary N) is 1. The van der Waals surface area contributed by atoms with E-state index < -0.39 is 0 Å². The van der Waals surface area contributed by atoms with Crippen molar-refractivity contribution in [2.45, 2.75) is 33.1 Å². The Morgan fingerprint density at radius 1 is 1.33 bits per heavy atom. The van der Waals surface area contributed by atoms with Gasteiger partial charge < -0.3 is 0 Å². The predicted molar refractivity (Wildman–Crippen MR) is 73.3 cm³/mol. The van der Waals surface area contributed by atoms with E-state index in [-0.39, 0.29) is 11.8 Å². The van der Waals surface area contributed by atoms with Crippen molar-refractivity contribution in [3.63, 3.8) is 0 Å². The summed E-state index contributed by atoms with van der Waals surface area (Å²) in [7, 11) is 0. The van der Waals surface area contributed by atoms with Crippen molar-refractivity contribution in [3.05, 3.63) is 35.9 Å². The van der Waals surface area contributed by atoms with Gasteiger partial charge in [-0.1, -0.05) is 44.2 Å². The molecule has 0 atom stereocenters. The van der Waals surface area contributed by atoms with E-state index in [1.54, 1.807) is 0 Å². The van der Waals surface area contributed by atoms with Crippen molar-refractivity contribution in [1.29, 1.82) is 0 Å². The summed E-state index contributed by atoms with van der Waals surface area (Å²) < 4.78 is 0. The molecule has 0 aliphatic heterocycles. The number of amides is 1. The molecule has 0 aromatic heterocycles. The molecule has 3 nitrogen and oxygen atoms in total. The van der Waals surface area contributed by atoms with E-state index >= 15 is 0 Å². The van der Waals surface area contributed by atoms with Crippen molar-refractivity contribution in [3.8, 4) is 0 Å². The molecule has 0 radical (unpaired) electrons. The maximum Gasteiger partial charge on any atom is 0.243 e. The summed E-state index contributed by atoms with van der Waals surface area (Å²) in [6.45, 7) is 4.31. The van der Waals surface area contributed by atoms with Crippen LogP contribution in [0.15, 0.2) is 35.4 Å². The van der Waals surface area contributed by atoms with Gasteiger partial charge in [0.2, 0.25) is 5.91 Å². The molecule has 0 unspecified atom stereocenters. The summed E-state index contributed by atoms with van der Waals surface area (Å²) in [5.74, 6) is 0.777. The standard InChI is InChI=1S/C15H20N2O/c1-11(2)10-14(12-6-4-3-5-7-12)16-17-15(18)13-8-9-13/h3-7,11,13H,8-10H2,1-2H3,(H,17,18). The Bertz CT molecular complexity index is 433. The van der Waals surface area contributed by atoms with Gasteiger partial charge in [-0.05, 0) is 30.7 Å². The third kappa shape index (κ3) is 3.69. The zero-order chi connectivity index (χ0) is 13.0. The van der Waals surface area contributed by atoms with Gasteiger partial charge in [0.05, 0.1) is 5.71 Å². The highest BCUT2D eigenvalue weighted by Gasteiger charge is 2.29. The molecule has 1 amide bonds. The molecule has 1 aliphatic carbocycles. The predicted octanol–water partition coefficient (Wildman–Crippen LogP) is 2.96. The first-order valence-electron chi connectivity index (χ1n) is 6.58. The monoisotopic (exact) mass is 244 g/mol. The first kappa shape index (κ1) is 12.8. The van der Waals surface area contributed by atoms with Gasteiger partial charge in [0, 0.05) is 5.92 Å². The van der Waals surface area contributed by atoms with Crippen LogP contribution in [-0.2, 0) is 4.79 Å². The van der Waals surface area contributed by atoms with Crippen LogP contribution in [0.3, 0.4) is 0 Å². The van der Waals surface area contributed by atoms with Crippen LogP contribution >= 0.6 is 0 Å². The van der Waals surface area contributed by atoms with E-state index in [2.05, 4.69) is 24.4 Å². The van der Waals surface area contributed by atoms with Crippen molar-refractivity contribution in [2.24, 2.45) is 16.9 Å². The molecule has 0 heterocycles. The number of carbonyl (C=O) groups excluding carboxylic acids is 1. The maximum atomic E-state index is 11.6. The van der Waals surface area contributed by atoms with Crippen LogP contribution in [0.2, 0.25) is 0 Å². The van der Waals surface area contributed by atoms with Gasteiger partial charge >= 0.3 is 0 Å². The summed E-state index contributed by atoms with van der Waals surface area (Å²) in [6.07, 6.45) is 2.88. The first-order chi connectivity index (χ1) is 8.66. The number of carbonyl (C=O) groups is 1. The summed E-state index contributed by atoms with van der Waals surface area (Å²) >= 11 is 0. The summed E-state index contributed by atoms with van der Waals surface area (Å²) in [6, 6.07) is 10.0. The van der Waals surface area contributed by atoms with Crippen LogP contribution < -0.4 is 5.43 Å². The van der Waals surface area contributed by atoms with Crippen molar-refractivity contribution in [1.82, 2.24) is 5.43 Å². The number of hydrogen-bond donors (Lipinski definition) is 1. The van der Waals surface area contributed by atoms with Crippen LogP contribution in [-0.4, -0.2) is 11.6 Å². The van der Waals surface area contributed by atoms with Gasteiger partial charge in [0.25, 0.3) is 0 Å². The van der Waals surface area contributed by atoms with E-state index in [9.17, 15) is 4.79 Å². The minimum Gasteiger partial charge on any atom is -0.273 e. The van der Waals surface area contributed by atoms with Gasteiger partial charge in [-0.15, -0.1) is 0 Å². The molecule has 3 heteroatoms. The molecule has 96 valence electrons. The lowest BCUT2D eigenvalue weighted by molar-refractivity contribution is -0.122. The molecule has 2 rings (SSSR count). The fourth-order valence-electron chi connectivity index (χ4n) is 1.80. The van der Waals surface area contributed by atoms with Crippen LogP contribution in [0.5, 0.6) is 0 Å². The smallest absolute Gasteiger partial charge is 0.243 e. The Balaban J connectivity index is 2.08. The molecule has 1 N–H and O–H groups in total. The summed E-state index contributed by atoms with van der Waals surface area (Å²) in [5, 5.41) is 4.31. The molecular formula is C15H20N2O. The largest absolute Gasteiger partial charge is 0.273 e. The number of nitrogens with zero attached hydrogens (tertiary/aromatic N) is 1. The normalized spacial score (nSPS) is 15.8. The number of hydrogen-bond acceptors (Lipinski definition) is 2. The lowest BCUT2D eigenvalue weighted by atomic mass is 10.0. The van der Waals surface area contributed by atoms with Gasteiger partial charge in [-0.3, -0.25) is 4.79 Å². The molecule has 1 fully saturated rings. The van der Waals surface area contributed by atoms with Gasteiger partial charge in [0.15, 0.2) is 0 Å². The molecule has 1 saturated carbocycles. The van der Waals surface area contributed by atoms with Crippen molar-refractivity contribution in [2.75, 3.05) is 0 Å². The highest BCUT2D eigenvalue weighted by molar-refractivity contribution is 6.01. The minimum atomic E-state index is 0.0622. The fraction of sp³-hybridized carbons (Fsp3) is 0.467. The molecular weight excluding hydrogens is 224 g/mol. The molecule has 1 aromatic rings. The van der Waals surface area contributed by atoms with Crippen LogP contribution in [0.4, 0.5) is 0 Å². The fourth-order valence-corrected chi connectivity index (χ4v) is 1.80. The van der Waals surface area contributed by atoms with E-state index in [1.807, 2.05) is 30.3 Å². The average molecular weight is 244 g/mol. The van der Waals surface area contributed by atoms with E-state index in [4.69, 9.17) is 0 Å². The number of hydrazone groups is 1. The van der Waals surface area contributed by atoms with Crippen LogP contribution in [0.1, 0.15) is 38.7 Å². The Morgan fingerprint density at radius 2 is 2.00 bits per heavy atom. The third-order valence-electron chi connectivity index (χ3n) is 2.96. The second-order valence-electron chi connectivity index (χ2n) is 5.27. The summed E-state index contributed by atoms with van der Waals surface area (Å²) in [5.41, 5.74) is 4.74. The molecule has 18 heavy (non-hydrogen) atoms. The first-order valence-corrected chi connectivity index (χ1v) is 6.58. The number of benzene rings is 1. The van der Waals surface area contributed by atoms with Gasteiger partial charge in [-0.2, -0.15) is 5.10 Å². The Morgan fingerprint density at radius 3 is 2.56 bits per heavy atom. The SMILES string of the molecule is CC(C)CC(=NNC(=O)C1CC1)c1ccccc1. The Hall–Kier alpha value is -1.64. The molecule has 0 spiro atoms. The molecule has 0 saturated heterocycles. The van der Waals surface area contributed by atoms with Crippen molar-refractivity contribution < 1.29 is 4.79 Å². The molecule has 1 aliphatic rings. The zero-order valence-corrected chi connectivity index (χ0v) is 11.0. The topological polar surface area (TPSA) is 41.5 Å². The average Bonchev–Trinajstić information content (AvgIpc) is 3.19.